The number of hydrogen-bond acceptors (Lipinski definition) is 4. The number of thiophene rings is 1. The lowest BCUT2D eigenvalue weighted by molar-refractivity contribution is 0.0527. The van der Waals surface area contributed by atoms with E-state index in [9.17, 15) is 31.5 Å². The van der Waals surface area contributed by atoms with Crippen molar-refractivity contribution in [2.24, 2.45) is 0 Å². The number of amides is 1. The van der Waals surface area contributed by atoms with Gasteiger partial charge in [-0.15, -0.1) is 11.3 Å². The lowest BCUT2D eigenvalue weighted by Gasteiger charge is -2.10. The number of hydrogen-bond donors (Lipinski definition) is 1. The molecule has 1 aromatic heterocycles. The summed E-state index contributed by atoms with van der Waals surface area (Å²) in [5.74, 6) is -13.5. The first-order valence-corrected chi connectivity index (χ1v) is 9.73. The smallest absolute Gasteiger partial charge is 0.341 e. The van der Waals surface area contributed by atoms with Gasteiger partial charge in [0.05, 0.1) is 12.2 Å². The van der Waals surface area contributed by atoms with Crippen molar-refractivity contribution in [2.75, 3.05) is 11.9 Å². The molecule has 1 aliphatic rings. The van der Waals surface area contributed by atoms with Crippen molar-refractivity contribution >= 4 is 28.2 Å². The largest absolute Gasteiger partial charge is 0.462 e. The Morgan fingerprint density at radius 1 is 0.897 bits per heavy atom. The maximum Gasteiger partial charge on any atom is 0.341 e. The van der Waals surface area contributed by atoms with Crippen molar-refractivity contribution in [3.05, 3.63) is 50.7 Å². The van der Waals surface area contributed by atoms with Gasteiger partial charge < -0.3 is 10.1 Å². The maximum absolute atomic E-state index is 13.9. The zero-order chi connectivity index (χ0) is 21.3. The summed E-state index contributed by atoms with van der Waals surface area (Å²) in [6, 6.07) is 0. The molecule has 2 aromatic rings. The Morgan fingerprint density at radius 3 is 2.10 bits per heavy atom. The molecule has 0 saturated heterocycles. The van der Waals surface area contributed by atoms with Gasteiger partial charge in [-0.05, 0) is 38.2 Å². The van der Waals surface area contributed by atoms with Crippen LogP contribution in [0.2, 0.25) is 0 Å². The number of anilines is 1. The summed E-state index contributed by atoms with van der Waals surface area (Å²) < 4.78 is 73.0. The van der Waals surface area contributed by atoms with E-state index in [0.29, 0.717) is 18.4 Å². The van der Waals surface area contributed by atoms with E-state index >= 15 is 0 Å². The Morgan fingerprint density at radius 2 is 1.48 bits per heavy atom. The number of esters is 1. The quantitative estimate of drug-likeness (QED) is 0.239. The van der Waals surface area contributed by atoms with Gasteiger partial charge in [0.25, 0.3) is 5.91 Å². The average Bonchev–Trinajstić information content (AvgIpc) is 2.85. The number of benzene rings is 1. The fraction of sp³-hybridized carbons (Fsp3) is 0.368. The van der Waals surface area contributed by atoms with Crippen LogP contribution in [-0.2, 0) is 17.6 Å². The van der Waals surface area contributed by atoms with Crippen molar-refractivity contribution < 1.29 is 36.3 Å². The molecule has 0 bridgehead atoms. The minimum atomic E-state index is -2.35. The van der Waals surface area contributed by atoms with Crippen LogP contribution in [0.1, 0.15) is 57.3 Å². The molecule has 1 aromatic carbocycles. The van der Waals surface area contributed by atoms with Gasteiger partial charge >= 0.3 is 5.97 Å². The van der Waals surface area contributed by atoms with E-state index in [-0.39, 0.29) is 17.2 Å². The van der Waals surface area contributed by atoms with Gasteiger partial charge in [0, 0.05) is 4.88 Å². The minimum absolute atomic E-state index is 0.0377. The predicted octanol–water partition coefficient (Wildman–Crippen LogP) is 5.14. The topological polar surface area (TPSA) is 55.4 Å². The number of rotatable bonds is 4. The highest BCUT2D eigenvalue weighted by Crippen LogP contribution is 2.38. The van der Waals surface area contributed by atoms with Gasteiger partial charge in [0.15, 0.2) is 23.3 Å². The summed E-state index contributed by atoms with van der Waals surface area (Å²) in [7, 11) is 0. The normalized spacial score (nSPS) is 13.6. The van der Waals surface area contributed by atoms with E-state index in [2.05, 4.69) is 5.32 Å². The number of halogens is 5. The Bertz CT molecular complexity index is 960. The summed E-state index contributed by atoms with van der Waals surface area (Å²) in [4.78, 5) is 25.6. The van der Waals surface area contributed by atoms with E-state index in [1.807, 2.05) is 0 Å². The Balaban J connectivity index is 2.05. The molecular weight excluding hydrogens is 417 g/mol. The van der Waals surface area contributed by atoms with E-state index in [1.54, 1.807) is 6.92 Å². The highest BCUT2D eigenvalue weighted by molar-refractivity contribution is 7.17. The molecular formula is C19H16F5NO3S. The number of fused-ring (bicyclic) bond motifs is 1. The second kappa shape index (κ2) is 8.48. The summed E-state index contributed by atoms with van der Waals surface area (Å²) in [5.41, 5.74) is -0.871. The van der Waals surface area contributed by atoms with Gasteiger partial charge in [0.1, 0.15) is 10.6 Å². The second-order valence-electron chi connectivity index (χ2n) is 6.39. The van der Waals surface area contributed by atoms with Gasteiger partial charge in [0.2, 0.25) is 5.82 Å². The molecule has 29 heavy (non-hydrogen) atoms. The summed E-state index contributed by atoms with van der Waals surface area (Å²) in [6.07, 6.45) is 3.82. The molecule has 0 fully saturated rings. The molecule has 0 saturated carbocycles. The lowest BCUT2D eigenvalue weighted by atomic mass is 10.1. The van der Waals surface area contributed by atoms with Crippen LogP contribution in [0.25, 0.3) is 0 Å². The fourth-order valence-electron chi connectivity index (χ4n) is 3.22. The standard InChI is InChI=1S/C19H16F5NO3S/c1-2-28-19(27)10-8-6-4-3-5-7-9(8)29-18(10)25-17(26)11-12(20)14(22)16(24)15(23)13(11)21/h2-7H2,1H3,(H,25,26). The van der Waals surface area contributed by atoms with Crippen molar-refractivity contribution in [2.45, 2.75) is 39.0 Å². The maximum atomic E-state index is 13.9. The van der Waals surface area contributed by atoms with E-state index < -0.39 is 46.5 Å². The Kier molecular flexibility index (Phi) is 6.21. The first kappa shape index (κ1) is 21.2. The van der Waals surface area contributed by atoms with Crippen LogP contribution in [-0.4, -0.2) is 18.5 Å². The molecule has 0 atom stereocenters. The molecule has 1 heterocycles. The Labute approximate surface area is 166 Å². The number of carbonyl (C=O) groups is 2. The first-order chi connectivity index (χ1) is 13.8. The van der Waals surface area contributed by atoms with Crippen LogP contribution < -0.4 is 5.32 Å². The van der Waals surface area contributed by atoms with Gasteiger partial charge in [-0.25, -0.2) is 26.7 Å². The molecule has 1 amide bonds. The van der Waals surface area contributed by atoms with Crippen LogP contribution in [0.5, 0.6) is 0 Å². The number of aryl methyl sites for hydroxylation is 1. The molecule has 0 spiro atoms. The van der Waals surface area contributed by atoms with E-state index in [0.717, 1.165) is 35.5 Å². The summed E-state index contributed by atoms with van der Waals surface area (Å²) >= 11 is 1.04. The van der Waals surface area contributed by atoms with Gasteiger partial charge in [-0.2, -0.15) is 0 Å². The third kappa shape index (κ3) is 3.85. The SMILES string of the molecule is CCOC(=O)c1c(NC(=O)c2c(F)c(F)c(F)c(F)c2F)sc2c1CCCCC2. The average molecular weight is 433 g/mol. The number of nitrogens with one attached hydrogen (secondary N) is 1. The van der Waals surface area contributed by atoms with Crippen molar-refractivity contribution in [1.29, 1.82) is 0 Å². The Hall–Kier alpha value is -2.49. The minimum Gasteiger partial charge on any atom is -0.462 e. The zero-order valence-electron chi connectivity index (χ0n) is 15.3. The fourth-order valence-corrected chi connectivity index (χ4v) is 4.49. The number of carbonyl (C=O) groups excluding carboxylic acids is 2. The second-order valence-corrected chi connectivity index (χ2v) is 7.49. The molecule has 3 rings (SSSR count). The molecule has 1 N–H and O–H groups in total. The third-order valence-electron chi connectivity index (χ3n) is 4.56. The zero-order valence-corrected chi connectivity index (χ0v) is 16.1. The summed E-state index contributed by atoms with van der Waals surface area (Å²) in [6.45, 7) is 1.66. The first-order valence-electron chi connectivity index (χ1n) is 8.92. The molecule has 0 unspecified atom stereocenters. The van der Waals surface area contributed by atoms with Crippen LogP contribution in [0, 0.1) is 29.1 Å². The molecule has 10 heteroatoms. The third-order valence-corrected chi connectivity index (χ3v) is 5.77. The summed E-state index contributed by atoms with van der Waals surface area (Å²) in [5, 5.41) is 2.10. The number of ether oxygens (including phenoxy) is 1. The molecule has 1 aliphatic carbocycles. The van der Waals surface area contributed by atoms with Crippen molar-refractivity contribution in [3.8, 4) is 0 Å². The van der Waals surface area contributed by atoms with Crippen LogP contribution >= 0.6 is 11.3 Å². The monoisotopic (exact) mass is 433 g/mol. The van der Waals surface area contributed by atoms with E-state index in [1.165, 1.54) is 0 Å². The van der Waals surface area contributed by atoms with Crippen molar-refractivity contribution in [1.82, 2.24) is 0 Å². The predicted molar refractivity (Wildman–Crippen MR) is 95.7 cm³/mol. The van der Waals surface area contributed by atoms with E-state index in [4.69, 9.17) is 4.74 Å². The molecule has 0 radical (unpaired) electrons. The van der Waals surface area contributed by atoms with Crippen LogP contribution in [0.15, 0.2) is 0 Å². The highest BCUT2D eigenvalue weighted by atomic mass is 32.1. The van der Waals surface area contributed by atoms with Crippen molar-refractivity contribution in [3.63, 3.8) is 0 Å². The lowest BCUT2D eigenvalue weighted by Crippen LogP contribution is -2.20. The molecule has 0 aliphatic heterocycles. The highest BCUT2D eigenvalue weighted by Gasteiger charge is 2.32. The van der Waals surface area contributed by atoms with Crippen LogP contribution in [0.3, 0.4) is 0 Å². The molecule has 4 nitrogen and oxygen atoms in total. The van der Waals surface area contributed by atoms with Gasteiger partial charge in [-0.3, -0.25) is 4.79 Å². The van der Waals surface area contributed by atoms with Crippen LogP contribution in [0.4, 0.5) is 27.0 Å². The molecule has 156 valence electrons. The van der Waals surface area contributed by atoms with Gasteiger partial charge in [-0.1, -0.05) is 6.42 Å².